The number of aliphatic carboxylic acids is 1. The quantitative estimate of drug-likeness (QED) is 0.163. The maximum absolute atomic E-state index is 12.3. The minimum Gasteiger partial charge on any atom is -0.495 e. The van der Waals surface area contributed by atoms with Gasteiger partial charge in [0, 0.05) is 29.2 Å². The van der Waals surface area contributed by atoms with Gasteiger partial charge in [0.15, 0.2) is 0 Å². The van der Waals surface area contributed by atoms with Crippen LogP contribution in [0.1, 0.15) is 63.0 Å². The highest BCUT2D eigenvalue weighted by Crippen LogP contribution is 2.37. The summed E-state index contributed by atoms with van der Waals surface area (Å²) in [6, 6.07) is 13.4. The molecule has 3 N–H and O–H groups in total. The first-order chi connectivity index (χ1) is 18.3. The number of amides is 1. The molecule has 0 bridgehead atoms. The Labute approximate surface area is 229 Å². The molecule has 2 aliphatic heterocycles. The summed E-state index contributed by atoms with van der Waals surface area (Å²) in [5.74, 6) is -0.818. The molecule has 38 heavy (non-hydrogen) atoms. The molecule has 0 spiro atoms. The fourth-order valence-electron chi connectivity index (χ4n) is 5.04. The van der Waals surface area contributed by atoms with E-state index in [4.69, 9.17) is 21.4 Å². The van der Waals surface area contributed by atoms with Crippen molar-refractivity contribution in [3.05, 3.63) is 77.2 Å². The van der Waals surface area contributed by atoms with Crippen molar-refractivity contribution in [2.24, 2.45) is 0 Å². The number of aryl methyl sites for hydroxylation is 1. The number of halogens is 1. The van der Waals surface area contributed by atoms with Gasteiger partial charge in [-0.05, 0) is 99.2 Å². The molecular formula is C30H36ClN3O4. The second-order valence-electron chi connectivity index (χ2n) is 10.3. The van der Waals surface area contributed by atoms with E-state index >= 15 is 0 Å². The fourth-order valence-corrected chi connectivity index (χ4v) is 5.17. The Balaban J connectivity index is 1.53. The Hall–Kier alpha value is -3.45. The van der Waals surface area contributed by atoms with Crippen LogP contribution in [0, 0.1) is 6.92 Å². The summed E-state index contributed by atoms with van der Waals surface area (Å²) < 4.78 is 6.13. The monoisotopic (exact) mass is 537 g/mol. The summed E-state index contributed by atoms with van der Waals surface area (Å²) in [7, 11) is 0. The highest BCUT2D eigenvalue weighted by atomic mass is 35.5. The van der Waals surface area contributed by atoms with E-state index in [-0.39, 0.29) is 24.2 Å². The lowest BCUT2D eigenvalue weighted by Crippen LogP contribution is -2.50. The lowest BCUT2D eigenvalue weighted by Gasteiger charge is -2.37. The number of nitrogens with one attached hydrogen (secondary N) is 2. The molecule has 202 valence electrons. The molecule has 1 amide bonds. The number of carboxylic acid groups (broad SMARTS) is 1. The van der Waals surface area contributed by atoms with E-state index in [0.29, 0.717) is 30.0 Å². The second kappa shape index (κ2) is 12.4. The molecule has 2 aromatic rings. The molecule has 4 rings (SSSR count). The van der Waals surface area contributed by atoms with Crippen molar-refractivity contribution < 1.29 is 19.4 Å². The SMILES string of the molecule is Cc1ccc(C2=COC(C3(C)CCC=CN3)C2)cc1NC(CCCCC(=O)O)N(C=O)c1ccc(Cl)cc1. The number of carbonyl (C=O) groups is 2. The molecule has 0 aromatic heterocycles. The van der Waals surface area contributed by atoms with E-state index in [1.165, 1.54) is 0 Å². The van der Waals surface area contributed by atoms with Gasteiger partial charge in [0.1, 0.15) is 12.3 Å². The first-order valence-electron chi connectivity index (χ1n) is 13.1. The van der Waals surface area contributed by atoms with Crippen molar-refractivity contribution in [3.8, 4) is 0 Å². The maximum atomic E-state index is 12.3. The first kappa shape index (κ1) is 27.6. The van der Waals surface area contributed by atoms with Crippen molar-refractivity contribution in [2.75, 3.05) is 10.2 Å². The van der Waals surface area contributed by atoms with Crippen LogP contribution in [0.3, 0.4) is 0 Å². The molecule has 2 aliphatic rings. The van der Waals surface area contributed by atoms with Crippen molar-refractivity contribution >= 4 is 40.9 Å². The third-order valence-electron chi connectivity index (χ3n) is 7.47. The van der Waals surface area contributed by atoms with Gasteiger partial charge in [0.2, 0.25) is 6.41 Å². The highest BCUT2D eigenvalue weighted by molar-refractivity contribution is 6.30. The zero-order chi connectivity index (χ0) is 27.1. The molecule has 0 aliphatic carbocycles. The Morgan fingerprint density at radius 2 is 2.08 bits per heavy atom. The van der Waals surface area contributed by atoms with Crippen LogP contribution in [0.25, 0.3) is 5.57 Å². The Kier molecular flexibility index (Phi) is 9.00. The number of unbranched alkanes of at least 4 members (excludes halogenated alkanes) is 1. The van der Waals surface area contributed by atoms with Gasteiger partial charge in [0.05, 0.1) is 11.8 Å². The Morgan fingerprint density at radius 1 is 1.29 bits per heavy atom. The minimum atomic E-state index is -0.818. The normalized spacial score (nSPS) is 21.1. The zero-order valence-electron chi connectivity index (χ0n) is 22.0. The van der Waals surface area contributed by atoms with Crippen molar-refractivity contribution in [3.63, 3.8) is 0 Å². The third kappa shape index (κ3) is 6.70. The topological polar surface area (TPSA) is 90.9 Å². The molecule has 2 aromatic carbocycles. The summed E-state index contributed by atoms with van der Waals surface area (Å²) in [4.78, 5) is 24.9. The third-order valence-corrected chi connectivity index (χ3v) is 7.73. The molecule has 0 saturated carbocycles. The molecule has 7 nitrogen and oxygen atoms in total. The number of allylic oxidation sites excluding steroid dienone is 1. The first-order valence-corrected chi connectivity index (χ1v) is 13.5. The predicted molar refractivity (Wildman–Crippen MR) is 152 cm³/mol. The minimum absolute atomic E-state index is 0.0533. The van der Waals surface area contributed by atoms with Crippen LogP contribution in [0.4, 0.5) is 11.4 Å². The van der Waals surface area contributed by atoms with Crippen LogP contribution in [0.15, 0.2) is 61.0 Å². The van der Waals surface area contributed by atoms with E-state index in [1.54, 1.807) is 17.0 Å². The summed E-state index contributed by atoms with van der Waals surface area (Å²) in [5, 5.41) is 16.7. The van der Waals surface area contributed by atoms with Gasteiger partial charge in [-0.25, -0.2) is 0 Å². The largest absolute Gasteiger partial charge is 0.495 e. The standard InChI is InChI=1S/C30H36ClN3O4/c1-21-9-10-22(23-18-27(38-19-23)30(2)15-5-6-16-32-30)17-26(21)33-28(7-3-4-8-29(36)37)34(20-35)25-13-11-24(31)12-14-25/h6,9-14,16-17,19-20,27-28,32-33H,3-5,7-8,15,18H2,1-2H3,(H,36,37). The van der Waals surface area contributed by atoms with Gasteiger partial charge in [-0.2, -0.15) is 0 Å². The van der Waals surface area contributed by atoms with Crippen molar-refractivity contribution in [2.45, 2.75) is 76.6 Å². The van der Waals surface area contributed by atoms with Gasteiger partial charge in [-0.1, -0.05) is 29.8 Å². The van der Waals surface area contributed by atoms with Crippen LogP contribution in [-0.2, 0) is 14.3 Å². The van der Waals surface area contributed by atoms with E-state index in [2.05, 4.69) is 41.8 Å². The van der Waals surface area contributed by atoms with Gasteiger partial charge in [-0.15, -0.1) is 0 Å². The number of carboxylic acids is 1. The number of nitrogens with zero attached hydrogens (tertiary/aromatic N) is 1. The molecule has 3 unspecified atom stereocenters. The lowest BCUT2D eigenvalue weighted by atomic mass is 9.84. The summed E-state index contributed by atoms with van der Waals surface area (Å²) in [5.41, 5.74) is 4.78. The van der Waals surface area contributed by atoms with E-state index in [9.17, 15) is 9.59 Å². The van der Waals surface area contributed by atoms with Crippen LogP contribution in [0.5, 0.6) is 0 Å². The van der Waals surface area contributed by atoms with Gasteiger partial charge >= 0.3 is 5.97 Å². The number of rotatable bonds is 12. The summed E-state index contributed by atoms with van der Waals surface area (Å²) >= 11 is 6.07. The highest BCUT2D eigenvalue weighted by Gasteiger charge is 2.38. The summed E-state index contributed by atoms with van der Waals surface area (Å²) in [6.07, 6.45) is 11.3. The van der Waals surface area contributed by atoms with Crippen LogP contribution in [-0.4, -0.2) is 35.3 Å². The second-order valence-corrected chi connectivity index (χ2v) is 10.7. The number of benzene rings is 2. The zero-order valence-corrected chi connectivity index (χ0v) is 22.7. The molecule has 8 heteroatoms. The van der Waals surface area contributed by atoms with Gasteiger partial charge in [-0.3, -0.25) is 14.5 Å². The van der Waals surface area contributed by atoms with Crippen molar-refractivity contribution in [1.29, 1.82) is 0 Å². The Morgan fingerprint density at radius 3 is 2.76 bits per heavy atom. The molecular weight excluding hydrogens is 502 g/mol. The number of ether oxygens (including phenoxy) is 1. The summed E-state index contributed by atoms with van der Waals surface area (Å²) in [6.45, 7) is 4.24. The molecule has 0 fully saturated rings. The number of carbonyl (C=O) groups excluding carboxylic acids is 1. The van der Waals surface area contributed by atoms with Crippen LogP contribution < -0.4 is 15.5 Å². The lowest BCUT2D eigenvalue weighted by molar-refractivity contribution is -0.137. The van der Waals surface area contributed by atoms with E-state index in [1.807, 2.05) is 31.5 Å². The van der Waals surface area contributed by atoms with Gasteiger partial charge < -0.3 is 20.5 Å². The average molecular weight is 538 g/mol. The number of anilines is 2. The molecule has 0 saturated heterocycles. The molecule has 3 atom stereocenters. The fraction of sp³-hybridized carbons (Fsp3) is 0.400. The predicted octanol–water partition coefficient (Wildman–Crippen LogP) is 6.48. The smallest absolute Gasteiger partial charge is 0.303 e. The van der Waals surface area contributed by atoms with Gasteiger partial charge in [0.25, 0.3) is 0 Å². The maximum Gasteiger partial charge on any atom is 0.303 e. The van der Waals surface area contributed by atoms with E-state index < -0.39 is 5.97 Å². The number of hydrogen-bond acceptors (Lipinski definition) is 5. The molecule has 2 heterocycles. The van der Waals surface area contributed by atoms with Crippen LogP contribution >= 0.6 is 11.6 Å². The molecule has 0 radical (unpaired) electrons. The van der Waals surface area contributed by atoms with Crippen LogP contribution in [0.2, 0.25) is 5.02 Å². The Bertz CT molecular complexity index is 1200. The number of hydrogen-bond donors (Lipinski definition) is 3. The van der Waals surface area contributed by atoms with Crippen molar-refractivity contribution in [1.82, 2.24) is 5.32 Å². The average Bonchev–Trinajstić information content (AvgIpc) is 3.41. The van der Waals surface area contributed by atoms with E-state index in [0.717, 1.165) is 48.1 Å².